The predicted molar refractivity (Wildman–Crippen MR) is 71.8 cm³/mol. The first-order chi connectivity index (χ1) is 8.65. The summed E-state index contributed by atoms with van der Waals surface area (Å²) in [6, 6.07) is 7.60. The number of aromatic hydroxyl groups is 1. The summed E-state index contributed by atoms with van der Waals surface area (Å²) in [4.78, 5) is 2.29. The molecule has 1 aliphatic rings. The normalized spacial score (nSPS) is 22.9. The van der Waals surface area contributed by atoms with E-state index in [4.69, 9.17) is 4.74 Å². The predicted octanol–water partition coefficient (Wildman–Crippen LogP) is 1.37. The van der Waals surface area contributed by atoms with Gasteiger partial charge in [-0.05, 0) is 31.7 Å². The van der Waals surface area contributed by atoms with E-state index in [-0.39, 0.29) is 12.1 Å². The zero-order valence-corrected chi connectivity index (χ0v) is 11.1. The molecular formula is C14H22N2O2. The zero-order valence-electron chi connectivity index (χ0n) is 11.1. The van der Waals surface area contributed by atoms with Crippen LogP contribution in [0.1, 0.15) is 18.5 Å². The van der Waals surface area contributed by atoms with Crippen molar-refractivity contribution < 1.29 is 9.84 Å². The molecule has 0 saturated carbocycles. The summed E-state index contributed by atoms with van der Waals surface area (Å²) in [5.41, 5.74) is 1.18. The minimum atomic E-state index is 0.265. The number of hydrogen-bond donors (Lipinski definition) is 2. The Morgan fingerprint density at radius 2 is 2.17 bits per heavy atom. The largest absolute Gasteiger partial charge is 0.508 e. The average molecular weight is 250 g/mol. The highest BCUT2D eigenvalue weighted by molar-refractivity contribution is 5.27. The number of phenols is 1. The first-order valence-corrected chi connectivity index (χ1v) is 6.47. The Labute approximate surface area is 109 Å². The highest BCUT2D eigenvalue weighted by Crippen LogP contribution is 2.16. The molecular weight excluding hydrogens is 228 g/mol. The van der Waals surface area contributed by atoms with Crippen molar-refractivity contribution in [2.24, 2.45) is 0 Å². The second kappa shape index (κ2) is 6.18. The van der Waals surface area contributed by atoms with Gasteiger partial charge in [-0.2, -0.15) is 0 Å². The Morgan fingerprint density at radius 1 is 1.44 bits per heavy atom. The molecule has 18 heavy (non-hydrogen) atoms. The average Bonchev–Trinajstić information content (AvgIpc) is 2.37. The van der Waals surface area contributed by atoms with Crippen molar-refractivity contribution in [1.82, 2.24) is 10.2 Å². The number of likely N-dealkylation sites (N-methyl/N-ethyl adjacent to an activating group) is 1. The second-order valence-electron chi connectivity index (χ2n) is 4.98. The van der Waals surface area contributed by atoms with Crippen LogP contribution in [0.25, 0.3) is 0 Å². The van der Waals surface area contributed by atoms with E-state index in [1.807, 2.05) is 12.1 Å². The maximum atomic E-state index is 9.26. The van der Waals surface area contributed by atoms with Crippen molar-refractivity contribution in [2.45, 2.75) is 19.1 Å². The fraction of sp³-hybridized carbons (Fsp3) is 0.571. The molecule has 1 saturated heterocycles. The molecule has 4 heteroatoms. The number of benzene rings is 1. The molecule has 0 aliphatic carbocycles. The SMILES string of the molecule is CC(NCC1CN(C)CCO1)c1ccc(O)cc1. The first kappa shape index (κ1) is 13.3. The van der Waals surface area contributed by atoms with Gasteiger partial charge in [0.05, 0.1) is 12.7 Å². The van der Waals surface area contributed by atoms with Gasteiger partial charge in [0.25, 0.3) is 0 Å². The van der Waals surface area contributed by atoms with E-state index >= 15 is 0 Å². The van der Waals surface area contributed by atoms with Crippen LogP contribution >= 0.6 is 0 Å². The Bertz CT molecular complexity index is 367. The lowest BCUT2D eigenvalue weighted by Crippen LogP contribution is -2.45. The van der Waals surface area contributed by atoms with Crippen molar-refractivity contribution in [1.29, 1.82) is 0 Å². The molecule has 100 valence electrons. The van der Waals surface area contributed by atoms with Gasteiger partial charge >= 0.3 is 0 Å². The second-order valence-corrected chi connectivity index (χ2v) is 4.98. The summed E-state index contributed by atoms with van der Waals surface area (Å²) in [5.74, 6) is 0.309. The van der Waals surface area contributed by atoms with Crippen LogP contribution in [-0.2, 0) is 4.74 Å². The maximum Gasteiger partial charge on any atom is 0.115 e. The van der Waals surface area contributed by atoms with Gasteiger partial charge in [-0.25, -0.2) is 0 Å². The topological polar surface area (TPSA) is 44.7 Å². The monoisotopic (exact) mass is 250 g/mol. The number of rotatable bonds is 4. The summed E-state index contributed by atoms with van der Waals surface area (Å²) in [6.45, 7) is 5.79. The van der Waals surface area contributed by atoms with Crippen LogP contribution < -0.4 is 5.32 Å². The molecule has 2 atom stereocenters. The van der Waals surface area contributed by atoms with Gasteiger partial charge in [-0.3, -0.25) is 0 Å². The first-order valence-electron chi connectivity index (χ1n) is 6.47. The van der Waals surface area contributed by atoms with Crippen LogP contribution in [0.5, 0.6) is 5.75 Å². The molecule has 1 aromatic carbocycles. The van der Waals surface area contributed by atoms with E-state index < -0.39 is 0 Å². The van der Waals surface area contributed by atoms with Crippen LogP contribution in [0, 0.1) is 0 Å². The lowest BCUT2D eigenvalue weighted by molar-refractivity contribution is -0.0190. The highest BCUT2D eigenvalue weighted by atomic mass is 16.5. The summed E-state index contributed by atoms with van der Waals surface area (Å²) in [5, 5.41) is 12.7. The smallest absolute Gasteiger partial charge is 0.115 e. The molecule has 4 nitrogen and oxygen atoms in total. The molecule has 0 aromatic heterocycles. The van der Waals surface area contributed by atoms with Crippen molar-refractivity contribution in [3.05, 3.63) is 29.8 Å². The van der Waals surface area contributed by atoms with Crippen LogP contribution in [0.3, 0.4) is 0 Å². The van der Waals surface area contributed by atoms with Crippen molar-refractivity contribution in [3.63, 3.8) is 0 Å². The Balaban J connectivity index is 1.80. The number of morpholine rings is 1. The van der Waals surface area contributed by atoms with Crippen LogP contribution in [0.2, 0.25) is 0 Å². The van der Waals surface area contributed by atoms with E-state index in [2.05, 4.69) is 24.2 Å². The Hall–Kier alpha value is -1.10. The van der Waals surface area contributed by atoms with Crippen molar-refractivity contribution in [2.75, 3.05) is 33.3 Å². The van der Waals surface area contributed by atoms with E-state index in [0.717, 1.165) is 26.2 Å². The zero-order chi connectivity index (χ0) is 13.0. The number of nitrogens with one attached hydrogen (secondary N) is 1. The van der Waals surface area contributed by atoms with Gasteiger partial charge in [-0.1, -0.05) is 12.1 Å². The fourth-order valence-electron chi connectivity index (χ4n) is 2.18. The van der Waals surface area contributed by atoms with Crippen molar-refractivity contribution >= 4 is 0 Å². The molecule has 0 spiro atoms. The molecule has 0 amide bonds. The molecule has 2 unspecified atom stereocenters. The van der Waals surface area contributed by atoms with Crippen LogP contribution in [0.4, 0.5) is 0 Å². The van der Waals surface area contributed by atoms with Gasteiger partial charge in [0.2, 0.25) is 0 Å². The molecule has 2 rings (SSSR count). The van der Waals surface area contributed by atoms with Gasteiger partial charge in [0.15, 0.2) is 0 Å². The van der Waals surface area contributed by atoms with Gasteiger partial charge in [0.1, 0.15) is 5.75 Å². The summed E-state index contributed by atoms with van der Waals surface area (Å²) in [7, 11) is 2.12. The fourth-order valence-corrected chi connectivity index (χ4v) is 2.18. The third-order valence-corrected chi connectivity index (χ3v) is 3.39. The van der Waals surface area contributed by atoms with E-state index in [9.17, 15) is 5.11 Å². The number of hydrogen-bond acceptors (Lipinski definition) is 4. The van der Waals surface area contributed by atoms with Crippen LogP contribution in [-0.4, -0.2) is 49.4 Å². The summed E-state index contributed by atoms with van der Waals surface area (Å²) < 4.78 is 5.71. The van der Waals surface area contributed by atoms with E-state index in [1.54, 1.807) is 12.1 Å². The molecule has 0 radical (unpaired) electrons. The van der Waals surface area contributed by atoms with Gasteiger partial charge in [-0.15, -0.1) is 0 Å². The summed E-state index contributed by atoms with van der Waals surface area (Å²) in [6.07, 6.45) is 0.267. The van der Waals surface area contributed by atoms with E-state index in [1.165, 1.54) is 5.56 Å². The minimum absolute atomic E-state index is 0.265. The molecule has 1 aliphatic heterocycles. The molecule has 0 bridgehead atoms. The lowest BCUT2D eigenvalue weighted by Gasteiger charge is -2.31. The number of ether oxygens (including phenoxy) is 1. The van der Waals surface area contributed by atoms with E-state index in [0.29, 0.717) is 5.75 Å². The maximum absolute atomic E-state index is 9.26. The quantitative estimate of drug-likeness (QED) is 0.847. The van der Waals surface area contributed by atoms with Gasteiger partial charge < -0.3 is 20.1 Å². The molecule has 1 heterocycles. The Kier molecular flexibility index (Phi) is 4.58. The van der Waals surface area contributed by atoms with Crippen LogP contribution in [0.15, 0.2) is 24.3 Å². The van der Waals surface area contributed by atoms with Crippen molar-refractivity contribution in [3.8, 4) is 5.75 Å². The Morgan fingerprint density at radius 3 is 2.83 bits per heavy atom. The third kappa shape index (κ3) is 3.70. The lowest BCUT2D eigenvalue weighted by atomic mass is 10.1. The standard InChI is InChI=1S/C14H22N2O2/c1-11(12-3-5-13(17)6-4-12)15-9-14-10-16(2)7-8-18-14/h3-6,11,14-15,17H,7-10H2,1-2H3. The highest BCUT2D eigenvalue weighted by Gasteiger charge is 2.18. The minimum Gasteiger partial charge on any atom is -0.508 e. The summed E-state index contributed by atoms with van der Waals surface area (Å²) >= 11 is 0. The van der Waals surface area contributed by atoms with Gasteiger partial charge in [0, 0.05) is 25.7 Å². The molecule has 1 aromatic rings. The number of nitrogens with zero attached hydrogens (tertiary/aromatic N) is 1. The molecule has 2 N–H and O–H groups in total. The third-order valence-electron chi connectivity index (χ3n) is 3.39. The number of phenolic OH excluding ortho intramolecular Hbond substituents is 1. The molecule has 1 fully saturated rings.